The van der Waals surface area contributed by atoms with Gasteiger partial charge in [-0.15, -0.1) is 0 Å². The molecular weight excluding hydrogens is 328 g/mol. The fourth-order valence-electron chi connectivity index (χ4n) is 2.65. The van der Waals surface area contributed by atoms with Gasteiger partial charge >= 0.3 is 0 Å². The second-order valence-electron chi connectivity index (χ2n) is 8.46. The first-order chi connectivity index (χ1) is 12.1. The lowest BCUT2D eigenvalue weighted by atomic mass is 10.0. The van der Waals surface area contributed by atoms with Crippen molar-refractivity contribution >= 4 is 11.6 Å². The quantitative estimate of drug-likeness (QED) is 0.243. The summed E-state index contributed by atoms with van der Waals surface area (Å²) >= 11 is 0. The predicted molar refractivity (Wildman–Crippen MR) is 107 cm³/mol. The van der Waals surface area contributed by atoms with E-state index in [2.05, 4.69) is 13.8 Å². The van der Waals surface area contributed by atoms with Crippen LogP contribution >= 0.6 is 0 Å². The minimum absolute atomic E-state index is 0.125. The van der Waals surface area contributed by atoms with Gasteiger partial charge in [-0.2, -0.15) is 0 Å². The van der Waals surface area contributed by atoms with Crippen LogP contribution in [0.15, 0.2) is 0 Å². The zero-order valence-electron chi connectivity index (χ0n) is 18.1. The molecule has 0 atom stereocenters. The van der Waals surface area contributed by atoms with Crippen molar-refractivity contribution in [2.24, 2.45) is 11.8 Å². The molecule has 0 aromatic rings. The molecule has 4 heteroatoms. The van der Waals surface area contributed by atoms with E-state index in [1.54, 1.807) is 0 Å². The molecular formula is C22H42O4. The summed E-state index contributed by atoms with van der Waals surface area (Å²) in [7, 11) is 0. The van der Waals surface area contributed by atoms with Crippen molar-refractivity contribution in [3.63, 3.8) is 0 Å². The molecule has 0 aliphatic carbocycles. The first-order valence-electron chi connectivity index (χ1n) is 10.5. The van der Waals surface area contributed by atoms with Crippen LogP contribution in [0, 0.1) is 11.8 Å². The van der Waals surface area contributed by atoms with Gasteiger partial charge in [-0.3, -0.25) is 9.59 Å². The van der Waals surface area contributed by atoms with Crippen LogP contribution in [-0.2, 0) is 19.1 Å². The molecule has 0 fully saturated rings. The number of ether oxygens (including phenoxy) is 2. The maximum absolute atomic E-state index is 11.9. The Morgan fingerprint density at radius 1 is 0.769 bits per heavy atom. The third-order valence-corrected chi connectivity index (χ3v) is 4.45. The van der Waals surface area contributed by atoms with Crippen LogP contribution in [0.5, 0.6) is 0 Å². The third-order valence-electron chi connectivity index (χ3n) is 4.45. The largest absolute Gasteiger partial charge is 0.351 e. The van der Waals surface area contributed by atoms with Crippen molar-refractivity contribution in [1.82, 2.24) is 0 Å². The average molecular weight is 371 g/mol. The fraction of sp³-hybridized carbons (Fsp3) is 0.909. The van der Waals surface area contributed by atoms with Crippen LogP contribution in [0.1, 0.15) is 99.3 Å². The van der Waals surface area contributed by atoms with Crippen molar-refractivity contribution in [3.05, 3.63) is 0 Å². The first-order valence-corrected chi connectivity index (χ1v) is 10.5. The average Bonchev–Trinajstić information content (AvgIpc) is 2.55. The molecule has 0 unspecified atom stereocenters. The van der Waals surface area contributed by atoms with Crippen LogP contribution in [0.2, 0.25) is 0 Å². The molecule has 0 rings (SSSR count). The highest BCUT2D eigenvalue weighted by Gasteiger charge is 2.18. The van der Waals surface area contributed by atoms with E-state index in [4.69, 9.17) is 9.47 Å². The van der Waals surface area contributed by atoms with Crippen LogP contribution < -0.4 is 0 Å². The SMILES string of the molecule is CC(C)CCCOC(C)(C)OCCCC(=O)CCCCCC(=O)C(C)C. The van der Waals surface area contributed by atoms with E-state index in [-0.39, 0.29) is 5.92 Å². The highest BCUT2D eigenvalue weighted by Crippen LogP contribution is 2.15. The molecule has 0 saturated heterocycles. The second-order valence-corrected chi connectivity index (χ2v) is 8.46. The Bertz CT molecular complexity index is 386. The van der Waals surface area contributed by atoms with Gasteiger partial charge in [0.05, 0.1) is 13.2 Å². The van der Waals surface area contributed by atoms with E-state index >= 15 is 0 Å². The van der Waals surface area contributed by atoms with Gasteiger partial charge in [0.2, 0.25) is 0 Å². The molecule has 0 spiro atoms. The Labute approximate surface area is 161 Å². The van der Waals surface area contributed by atoms with E-state index in [9.17, 15) is 9.59 Å². The van der Waals surface area contributed by atoms with Gasteiger partial charge in [-0.1, -0.05) is 34.1 Å². The van der Waals surface area contributed by atoms with Gasteiger partial charge < -0.3 is 9.47 Å². The van der Waals surface area contributed by atoms with Crippen molar-refractivity contribution < 1.29 is 19.1 Å². The third kappa shape index (κ3) is 15.5. The molecule has 26 heavy (non-hydrogen) atoms. The minimum Gasteiger partial charge on any atom is -0.351 e. The maximum Gasteiger partial charge on any atom is 0.162 e. The van der Waals surface area contributed by atoms with Crippen LogP contribution in [0.3, 0.4) is 0 Å². The lowest BCUT2D eigenvalue weighted by Gasteiger charge is -2.26. The van der Waals surface area contributed by atoms with E-state index in [1.807, 2.05) is 27.7 Å². The zero-order chi connectivity index (χ0) is 20.0. The van der Waals surface area contributed by atoms with Crippen molar-refractivity contribution in [2.75, 3.05) is 13.2 Å². The summed E-state index contributed by atoms with van der Waals surface area (Å²) in [5, 5.41) is 0. The van der Waals surface area contributed by atoms with Crippen molar-refractivity contribution in [2.45, 2.75) is 105 Å². The Kier molecular flexibility index (Phi) is 13.9. The number of ketones is 2. The molecule has 0 aliphatic rings. The summed E-state index contributed by atoms with van der Waals surface area (Å²) in [6, 6.07) is 0. The molecule has 0 aliphatic heterocycles. The molecule has 0 amide bonds. The summed E-state index contributed by atoms with van der Waals surface area (Å²) in [5.74, 6) is 0.856. The number of rotatable bonds is 17. The topological polar surface area (TPSA) is 52.6 Å². The minimum atomic E-state index is -0.580. The molecule has 0 aromatic carbocycles. The summed E-state index contributed by atoms with van der Waals surface area (Å²) in [6.45, 7) is 13.4. The molecule has 0 aromatic heterocycles. The van der Waals surface area contributed by atoms with Crippen LogP contribution in [0.25, 0.3) is 0 Å². The highest BCUT2D eigenvalue weighted by atomic mass is 16.7. The number of hydrogen-bond acceptors (Lipinski definition) is 4. The summed E-state index contributed by atoms with van der Waals surface area (Å²) in [5.41, 5.74) is 0. The number of hydrogen-bond donors (Lipinski definition) is 0. The lowest BCUT2D eigenvalue weighted by molar-refractivity contribution is -0.214. The summed E-state index contributed by atoms with van der Waals surface area (Å²) in [4.78, 5) is 23.4. The second kappa shape index (κ2) is 14.3. The van der Waals surface area contributed by atoms with Gasteiger partial charge in [0, 0.05) is 25.2 Å². The van der Waals surface area contributed by atoms with Crippen LogP contribution in [-0.4, -0.2) is 30.6 Å². The molecule has 0 bridgehead atoms. The molecule has 0 saturated carbocycles. The summed E-state index contributed by atoms with van der Waals surface area (Å²) in [6.07, 6.45) is 7.51. The fourth-order valence-corrected chi connectivity index (χ4v) is 2.65. The van der Waals surface area contributed by atoms with Gasteiger partial charge in [0.15, 0.2) is 5.79 Å². The Morgan fingerprint density at radius 3 is 1.88 bits per heavy atom. The summed E-state index contributed by atoms with van der Waals surface area (Å²) < 4.78 is 11.5. The van der Waals surface area contributed by atoms with Crippen molar-refractivity contribution in [1.29, 1.82) is 0 Å². The lowest BCUT2D eigenvalue weighted by Crippen LogP contribution is -2.29. The van der Waals surface area contributed by atoms with Crippen molar-refractivity contribution in [3.8, 4) is 0 Å². The zero-order valence-corrected chi connectivity index (χ0v) is 18.1. The standard InChI is InChI=1S/C22H42O4/c1-18(2)12-10-16-25-22(5,6)26-17-11-14-20(23)13-8-7-9-15-21(24)19(3)4/h18-19H,7-17H2,1-6H3. The number of carbonyl (C=O) groups is 2. The Balaban J connectivity index is 3.61. The molecule has 4 nitrogen and oxygen atoms in total. The van der Waals surface area contributed by atoms with E-state index < -0.39 is 5.79 Å². The number of carbonyl (C=O) groups excluding carboxylic acids is 2. The van der Waals surface area contributed by atoms with Gasteiger partial charge in [-0.25, -0.2) is 0 Å². The Hall–Kier alpha value is -0.740. The van der Waals surface area contributed by atoms with Crippen LogP contribution in [0.4, 0.5) is 0 Å². The highest BCUT2D eigenvalue weighted by molar-refractivity contribution is 5.80. The normalized spacial score (nSPS) is 12.2. The molecule has 0 N–H and O–H groups in total. The monoisotopic (exact) mass is 370 g/mol. The van der Waals surface area contributed by atoms with Gasteiger partial charge in [-0.05, 0) is 51.9 Å². The van der Waals surface area contributed by atoms with E-state index in [1.165, 1.54) is 0 Å². The predicted octanol–water partition coefficient (Wildman–Crippen LogP) is 5.72. The van der Waals surface area contributed by atoms with E-state index in [0.29, 0.717) is 50.0 Å². The first kappa shape index (κ1) is 25.3. The smallest absolute Gasteiger partial charge is 0.162 e. The van der Waals surface area contributed by atoms with Gasteiger partial charge in [0.1, 0.15) is 11.6 Å². The molecule has 154 valence electrons. The van der Waals surface area contributed by atoms with Gasteiger partial charge in [0.25, 0.3) is 0 Å². The number of Topliss-reactive ketones (excluding diaryl/α,β-unsaturated/α-hetero) is 2. The maximum atomic E-state index is 11.9. The number of unbranched alkanes of at least 4 members (excludes halogenated alkanes) is 2. The van der Waals surface area contributed by atoms with E-state index in [0.717, 1.165) is 38.5 Å². The molecule has 0 radical (unpaired) electrons. The Morgan fingerprint density at radius 2 is 1.31 bits per heavy atom. The molecule has 0 heterocycles.